The summed E-state index contributed by atoms with van der Waals surface area (Å²) in [6.45, 7) is 5.09. The first-order chi connectivity index (χ1) is 9.52. The number of benzene rings is 1. The number of thioether (sulfide) groups is 1. The van der Waals surface area contributed by atoms with E-state index in [0.29, 0.717) is 4.99 Å². The van der Waals surface area contributed by atoms with E-state index >= 15 is 0 Å². The maximum absolute atomic E-state index is 5.87. The number of anilines is 1. The monoisotopic (exact) mass is 322 g/mol. The third-order valence-corrected chi connectivity index (χ3v) is 5.30. The van der Waals surface area contributed by atoms with Crippen LogP contribution >= 0.6 is 35.3 Å². The van der Waals surface area contributed by atoms with Crippen LogP contribution < -0.4 is 11.1 Å². The fraction of sp³-hybridized carbons (Fsp3) is 0.267. The molecule has 0 spiro atoms. The van der Waals surface area contributed by atoms with Gasteiger partial charge in [-0.05, 0) is 43.9 Å². The lowest BCUT2D eigenvalue weighted by Crippen LogP contribution is -2.14. The molecule has 1 aromatic carbocycles. The highest BCUT2D eigenvalue weighted by molar-refractivity contribution is 7.98. The summed E-state index contributed by atoms with van der Waals surface area (Å²) in [6, 6.07) is 8.33. The fourth-order valence-electron chi connectivity index (χ4n) is 2.02. The Morgan fingerprint density at radius 3 is 2.70 bits per heavy atom. The molecule has 2 rings (SSSR count). The zero-order chi connectivity index (χ0) is 14.7. The van der Waals surface area contributed by atoms with Gasteiger partial charge in [0.1, 0.15) is 4.99 Å². The van der Waals surface area contributed by atoms with Crippen molar-refractivity contribution in [3.05, 3.63) is 45.1 Å². The molecule has 0 amide bonds. The number of hydrogen-bond donors (Lipinski definition) is 2. The predicted octanol–water partition coefficient (Wildman–Crippen LogP) is 4.33. The summed E-state index contributed by atoms with van der Waals surface area (Å²) >= 11 is 8.67. The molecule has 0 atom stereocenters. The van der Waals surface area contributed by atoms with Gasteiger partial charge in [-0.3, -0.25) is 0 Å². The van der Waals surface area contributed by atoms with Crippen molar-refractivity contribution in [2.45, 2.75) is 25.3 Å². The minimum atomic E-state index is 0.441. The van der Waals surface area contributed by atoms with Crippen molar-refractivity contribution in [1.29, 1.82) is 0 Å². The molecule has 0 saturated heterocycles. The molecule has 0 saturated carbocycles. The van der Waals surface area contributed by atoms with Crippen molar-refractivity contribution < 1.29 is 0 Å². The number of nitrogens with one attached hydrogen (secondary N) is 1. The van der Waals surface area contributed by atoms with Crippen LogP contribution in [0.3, 0.4) is 0 Å². The summed E-state index contributed by atoms with van der Waals surface area (Å²) in [7, 11) is 0. The molecule has 2 aromatic rings. The Morgan fingerprint density at radius 1 is 1.40 bits per heavy atom. The number of thiocarbonyl (C=S) groups is 1. The lowest BCUT2D eigenvalue weighted by molar-refractivity contribution is 1.18. The highest BCUT2D eigenvalue weighted by atomic mass is 32.2. The molecule has 0 unspecified atom stereocenters. The molecule has 0 fully saturated rings. The van der Waals surface area contributed by atoms with E-state index in [1.165, 1.54) is 15.3 Å². The lowest BCUT2D eigenvalue weighted by Gasteiger charge is -2.13. The van der Waals surface area contributed by atoms with Crippen LogP contribution in [0.2, 0.25) is 0 Å². The zero-order valence-electron chi connectivity index (χ0n) is 11.8. The van der Waals surface area contributed by atoms with E-state index in [2.05, 4.69) is 25.2 Å². The number of thiophene rings is 1. The Kier molecular flexibility index (Phi) is 5.07. The van der Waals surface area contributed by atoms with Gasteiger partial charge in [-0.15, -0.1) is 23.1 Å². The van der Waals surface area contributed by atoms with Crippen LogP contribution in [-0.2, 0) is 6.54 Å². The molecule has 0 aliphatic heterocycles. The fourth-order valence-corrected chi connectivity index (χ4v) is 3.94. The van der Waals surface area contributed by atoms with Crippen LogP contribution in [0.5, 0.6) is 0 Å². The van der Waals surface area contributed by atoms with Crippen molar-refractivity contribution in [2.75, 3.05) is 11.6 Å². The van der Waals surface area contributed by atoms with E-state index in [-0.39, 0.29) is 0 Å². The van der Waals surface area contributed by atoms with Gasteiger partial charge in [0, 0.05) is 32.4 Å². The number of hydrogen-bond acceptors (Lipinski definition) is 4. The molecule has 5 heteroatoms. The van der Waals surface area contributed by atoms with Gasteiger partial charge < -0.3 is 11.1 Å². The van der Waals surface area contributed by atoms with Crippen LogP contribution in [0.15, 0.2) is 29.2 Å². The summed E-state index contributed by atoms with van der Waals surface area (Å²) in [5.41, 5.74) is 9.17. The van der Waals surface area contributed by atoms with E-state index in [1.807, 2.05) is 35.8 Å². The van der Waals surface area contributed by atoms with Crippen molar-refractivity contribution in [3.8, 4) is 0 Å². The summed E-state index contributed by atoms with van der Waals surface area (Å²) < 4.78 is 0. The number of nitrogens with two attached hydrogens (primary N) is 1. The molecule has 0 bridgehead atoms. The summed E-state index contributed by atoms with van der Waals surface area (Å²) in [4.78, 5) is 4.25. The second-order valence-electron chi connectivity index (χ2n) is 4.55. The topological polar surface area (TPSA) is 38.0 Å². The number of rotatable bonds is 5. The van der Waals surface area contributed by atoms with Gasteiger partial charge in [-0.1, -0.05) is 18.3 Å². The van der Waals surface area contributed by atoms with Gasteiger partial charge in [-0.25, -0.2) is 0 Å². The third kappa shape index (κ3) is 3.34. The first kappa shape index (κ1) is 15.4. The lowest BCUT2D eigenvalue weighted by atomic mass is 10.1. The predicted molar refractivity (Wildman–Crippen MR) is 95.2 cm³/mol. The molecule has 1 heterocycles. The average Bonchev–Trinajstić information content (AvgIpc) is 2.74. The van der Waals surface area contributed by atoms with Gasteiger partial charge >= 0.3 is 0 Å². The second-order valence-corrected chi connectivity index (χ2v) is 7.18. The van der Waals surface area contributed by atoms with Gasteiger partial charge in [0.25, 0.3) is 0 Å². The van der Waals surface area contributed by atoms with Crippen LogP contribution in [-0.4, -0.2) is 11.2 Å². The van der Waals surface area contributed by atoms with E-state index in [1.54, 1.807) is 11.8 Å². The standard InChI is InChI=1S/C15H18N2S3/c1-9-7-11(20-10(9)2)8-17-12-5-4-6-13(19-3)14(12)15(16)18/h4-7,17H,8H2,1-3H3,(H2,16,18). The molecule has 20 heavy (non-hydrogen) atoms. The molecule has 3 N–H and O–H groups in total. The largest absolute Gasteiger partial charge is 0.389 e. The maximum Gasteiger partial charge on any atom is 0.107 e. The Labute approximate surface area is 133 Å². The Hall–Kier alpha value is -1.04. The van der Waals surface area contributed by atoms with Gasteiger partial charge in [0.2, 0.25) is 0 Å². The average molecular weight is 323 g/mol. The molecule has 106 valence electrons. The van der Waals surface area contributed by atoms with Gasteiger partial charge in [-0.2, -0.15) is 0 Å². The summed E-state index contributed by atoms with van der Waals surface area (Å²) in [5.74, 6) is 0. The van der Waals surface area contributed by atoms with E-state index in [9.17, 15) is 0 Å². The highest BCUT2D eigenvalue weighted by Gasteiger charge is 2.11. The Morgan fingerprint density at radius 2 is 2.15 bits per heavy atom. The first-order valence-electron chi connectivity index (χ1n) is 6.29. The zero-order valence-corrected chi connectivity index (χ0v) is 14.3. The van der Waals surface area contributed by atoms with Crippen molar-refractivity contribution >= 4 is 46.0 Å². The summed E-state index contributed by atoms with van der Waals surface area (Å²) in [5, 5.41) is 3.46. The highest BCUT2D eigenvalue weighted by Crippen LogP contribution is 2.28. The van der Waals surface area contributed by atoms with Crippen molar-refractivity contribution in [3.63, 3.8) is 0 Å². The third-order valence-electron chi connectivity index (χ3n) is 3.16. The molecular formula is C15H18N2S3. The van der Waals surface area contributed by atoms with Crippen LogP contribution in [0.4, 0.5) is 5.69 Å². The normalized spacial score (nSPS) is 10.6. The minimum Gasteiger partial charge on any atom is -0.389 e. The van der Waals surface area contributed by atoms with Crippen LogP contribution in [0.1, 0.15) is 20.9 Å². The first-order valence-corrected chi connectivity index (χ1v) is 8.74. The SMILES string of the molecule is CSc1cccc(NCc2cc(C)c(C)s2)c1C(N)=S. The Bertz CT molecular complexity index is 613. The van der Waals surface area contributed by atoms with Crippen LogP contribution in [0, 0.1) is 13.8 Å². The molecule has 0 aliphatic rings. The molecular weight excluding hydrogens is 304 g/mol. The molecule has 2 nitrogen and oxygen atoms in total. The smallest absolute Gasteiger partial charge is 0.107 e. The summed E-state index contributed by atoms with van der Waals surface area (Å²) in [6.07, 6.45) is 2.03. The van der Waals surface area contributed by atoms with E-state index in [0.717, 1.165) is 22.7 Å². The van der Waals surface area contributed by atoms with Crippen molar-refractivity contribution in [2.24, 2.45) is 5.73 Å². The minimum absolute atomic E-state index is 0.441. The van der Waals surface area contributed by atoms with Gasteiger partial charge in [0.15, 0.2) is 0 Å². The second kappa shape index (κ2) is 6.61. The van der Waals surface area contributed by atoms with Crippen LogP contribution in [0.25, 0.3) is 0 Å². The maximum atomic E-state index is 5.87. The van der Waals surface area contributed by atoms with E-state index in [4.69, 9.17) is 18.0 Å². The molecule has 0 aliphatic carbocycles. The van der Waals surface area contributed by atoms with Gasteiger partial charge in [0.05, 0.1) is 0 Å². The van der Waals surface area contributed by atoms with Crippen molar-refractivity contribution in [1.82, 2.24) is 0 Å². The molecule has 1 aromatic heterocycles. The Balaban J connectivity index is 2.23. The van der Waals surface area contributed by atoms with E-state index < -0.39 is 0 Å². The quantitative estimate of drug-likeness (QED) is 0.634. The number of aryl methyl sites for hydroxylation is 2. The molecule has 0 radical (unpaired) electrons.